The number of rotatable bonds is 1. The van der Waals surface area contributed by atoms with Gasteiger partial charge in [-0.1, -0.05) is 0 Å². The van der Waals surface area contributed by atoms with E-state index in [1.165, 1.54) is 6.42 Å². The quantitative estimate of drug-likeness (QED) is 0.652. The molecule has 0 aliphatic carbocycles. The van der Waals surface area contributed by atoms with Gasteiger partial charge in [-0.25, -0.2) is 0 Å². The summed E-state index contributed by atoms with van der Waals surface area (Å²) >= 11 is 0. The lowest BCUT2D eigenvalue weighted by molar-refractivity contribution is -0.159. The van der Waals surface area contributed by atoms with E-state index in [2.05, 4.69) is 32.6 Å². The molecule has 0 N–H and O–H groups in total. The summed E-state index contributed by atoms with van der Waals surface area (Å²) in [6.45, 7) is 12.5. The maximum atomic E-state index is 12.1. The van der Waals surface area contributed by atoms with Gasteiger partial charge in [-0.15, -0.1) is 0 Å². The molecule has 3 nitrogen and oxygen atoms in total. The van der Waals surface area contributed by atoms with Crippen molar-refractivity contribution in [3.63, 3.8) is 0 Å². The van der Waals surface area contributed by atoms with Crippen LogP contribution in [0.2, 0.25) is 0 Å². The minimum absolute atomic E-state index is 0.103. The second kappa shape index (κ2) is 3.21. The van der Waals surface area contributed by atoms with Gasteiger partial charge in [-0.3, -0.25) is 9.69 Å². The molecule has 2 aliphatic heterocycles. The molecule has 2 heterocycles. The Bertz CT molecular complexity index is 270. The van der Waals surface area contributed by atoms with Crippen LogP contribution in [0.1, 0.15) is 34.1 Å². The minimum Gasteiger partial charge on any atom is -0.342 e. The zero-order valence-corrected chi connectivity index (χ0v) is 10.3. The van der Waals surface area contributed by atoms with Gasteiger partial charge < -0.3 is 4.90 Å². The van der Waals surface area contributed by atoms with Crippen molar-refractivity contribution in [2.45, 2.75) is 39.7 Å². The van der Waals surface area contributed by atoms with Crippen LogP contribution in [-0.4, -0.2) is 47.4 Å². The molecule has 0 aromatic carbocycles. The lowest BCUT2D eigenvalue weighted by Crippen LogP contribution is -2.67. The van der Waals surface area contributed by atoms with Gasteiger partial charge in [0.25, 0.3) is 0 Å². The Morgan fingerprint density at radius 2 is 1.73 bits per heavy atom. The number of nitrogens with zero attached hydrogens (tertiary/aromatic N) is 2. The van der Waals surface area contributed by atoms with Crippen LogP contribution in [0.3, 0.4) is 0 Å². The topological polar surface area (TPSA) is 23.6 Å². The fourth-order valence-electron chi connectivity index (χ4n) is 2.31. The third kappa shape index (κ3) is 1.78. The highest BCUT2D eigenvalue weighted by Crippen LogP contribution is 2.37. The van der Waals surface area contributed by atoms with Crippen molar-refractivity contribution >= 4 is 5.91 Å². The summed E-state index contributed by atoms with van der Waals surface area (Å²) < 4.78 is 0. The van der Waals surface area contributed by atoms with Gasteiger partial charge >= 0.3 is 0 Å². The molecule has 3 heteroatoms. The van der Waals surface area contributed by atoms with Crippen LogP contribution in [0.25, 0.3) is 0 Å². The summed E-state index contributed by atoms with van der Waals surface area (Å²) in [5, 5.41) is 0. The van der Waals surface area contributed by atoms with Gasteiger partial charge in [0.15, 0.2) is 0 Å². The second-order valence-corrected chi connectivity index (χ2v) is 6.23. The highest BCUT2D eigenvalue weighted by Gasteiger charge is 2.50. The van der Waals surface area contributed by atoms with E-state index in [0.717, 1.165) is 26.2 Å². The number of likely N-dealkylation sites (tertiary alicyclic amines) is 2. The van der Waals surface area contributed by atoms with Crippen LogP contribution in [0.4, 0.5) is 0 Å². The van der Waals surface area contributed by atoms with Crippen molar-refractivity contribution in [2.75, 3.05) is 26.2 Å². The van der Waals surface area contributed by atoms with Crippen molar-refractivity contribution in [1.29, 1.82) is 0 Å². The smallest absolute Gasteiger partial charge is 0.231 e. The van der Waals surface area contributed by atoms with Crippen molar-refractivity contribution < 1.29 is 4.79 Å². The fourth-order valence-corrected chi connectivity index (χ4v) is 2.31. The van der Waals surface area contributed by atoms with E-state index in [4.69, 9.17) is 0 Å². The van der Waals surface area contributed by atoms with E-state index in [9.17, 15) is 4.79 Å². The SMILES string of the molecule is CC1(C(=O)N2CCC2)CN(C(C)(C)C)C1. The predicted molar refractivity (Wildman–Crippen MR) is 60.6 cm³/mol. The molecule has 0 radical (unpaired) electrons. The predicted octanol–water partition coefficient (Wildman–Crippen LogP) is 1.34. The molecule has 0 atom stereocenters. The van der Waals surface area contributed by atoms with Crippen LogP contribution in [0.15, 0.2) is 0 Å². The molecule has 2 rings (SSSR count). The second-order valence-electron chi connectivity index (χ2n) is 6.23. The molecule has 0 saturated carbocycles. The Morgan fingerprint density at radius 3 is 2.07 bits per heavy atom. The van der Waals surface area contributed by atoms with E-state index in [-0.39, 0.29) is 11.0 Å². The summed E-state index contributed by atoms with van der Waals surface area (Å²) in [5.74, 6) is 0.370. The number of carbonyl (C=O) groups is 1. The van der Waals surface area contributed by atoms with Crippen molar-refractivity contribution in [1.82, 2.24) is 9.80 Å². The van der Waals surface area contributed by atoms with Crippen LogP contribution in [-0.2, 0) is 4.79 Å². The molecule has 0 unspecified atom stereocenters. The average Bonchev–Trinajstić information content (AvgIpc) is 1.92. The summed E-state index contributed by atoms with van der Waals surface area (Å²) in [6, 6.07) is 0. The van der Waals surface area contributed by atoms with Gasteiger partial charge in [-0.05, 0) is 34.1 Å². The molecular weight excluding hydrogens is 188 g/mol. The molecule has 15 heavy (non-hydrogen) atoms. The average molecular weight is 210 g/mol. The van der Waals surface area contributed by atoms with E-state index in [1.54, 1.807) is 0 Å². The Kier molecular flexibility index (Phi) is 2.34. The highest BCUT2D eigenvalue weighted by molar-refractivity contribution is 5.84. The number of hydrogen-bond acceptors (Lipinski definition) is 2. The highest BCUT2D eigenvalue weighted by atomic mass is 16.2. The summed E-state index contributed by atoms with van der Waals surface area (Å²) in [7, 11) is 0. The van der Waals surface area contributed by atoms with Gasteiger partial charge in [0.2, 0.25) is 5.91 Å². The van der Waals surface area contributed by atoms with Gasteiger partial charge in [0, 0.05) is 31.7 Å². The largest absolute Gasteiger partial charge is 0.342 e. The molecule has 0 aromatic rings. The maximum absolute atomic E-state index is 12.1. The Hall–Kier alpha value is -0.570. The van der Waals surface area contributed by atoms with E-state index < -0.39 is 0 Å². The molecule has 0 bridgehead atoms. The zero-order valence-electron chi connectivity index (χ0n) is 10.3. The van der Waals surface area contributed by atoms with E-state index in [0.29, 0.717) is 5.91 Å². The fraction of sp³-hybridized carbons (Fsp3) is 0.917. The maximum Gasteiger partial charge on any atom is 0.231 e. The van der Waals surface area contributed by atoms with Gasteiger partial charge in [0.1, 0.15) is 0 Å². The summed E-state index contributed by atoms with van der Waals surface area (Å²) in [5.41, 5.74) is 0.0996. The lowest BCUT2D eigenvalue weighted by atomic mass is 9.77. The molecule has 1 amide bonds. The van der Waals surface area contributed by atoms with Crippen molar-refractivity contribution in [3.05, 3.63) is 0 Å². The Balaban J connectivity index is 1.92. The normalized spacial score (nSPS) is 25.7. The molecule has 0 spiro atoms. The lowest BCUT2D eigenvalue weighted by Gasteiger charge is -2.55. The molecule has 2 fully saturated rings. The molecule has 0 aromatic heterocycles. The third-order valence-electron chi connectivity index (χ3n) is 3.69. The van der Waals surface area contributed by atoms with E-state index in [1.807, 2.05) is 4.90 Å². The van der Waals surface area contributed by atoms with Crippen LogP contribution < -0.4 is 0 Å². The molecule has 86 valence electrons. The van der Waals surface area contributed by atoms with Crippen molar-refractivity contribution in [3.8, 4) is 0 Å². The van der Waals surface area contributed by atoms with Gasteiger partial charge in [0.05, 0.1) is 5.41 Å². The first kappa shape index (κ1) is 10.9. The zero-order chi connectivity index (χ0) is 11.3. The standard InChI is InChI=1S/C12H22N2O/c1-11(2,3)14-8-12(4,9-14)10(15)13-6-5-7-13/h5-9H2,1-4H3. The first-order valence-corrected chi connectivity index (χ1v) is 5.87. The minimum atomic E-state index is -0.103. The number of hydrogen-bond donors (Lipinski definition) is 0. The molecular formula is C12H22N2O. The first-order valence-electron chi connectivity index (χ1n) is 5.87. The molecule has 2 aliphatic rings. The Morgan fingerprint density at radius 1 is 1.20 bits per heavy atom. The van der Waals surface area contributed by atoms with Crippen molar-refractivity contribution in [2.24, 2.45) is 5.41 Å². The summed E-state index contributed by atoms with van der Waals surface area (Å²) in [4.78, 5) is 16.5. The first-order chi connectivity index (χ1) is 6.83. The number of amides is 1. The van der Waals surface area contributed by atoms with Crippen LogP contribution >= 0.6 is 0 Å². The third-order valence-corrected chi connectivity index (χ3v) is 3.69. The van der Waals surface area contributed by atoms with Gasteiger partial charge in [-0.2, -0.15) is 0 Å². The molecule has 2 saturated heterocycles. The monoisotopic (exact) mass is 210 g/mol. The van der Waals surface area contributed by atoms with Crippen LogP contribution in [0.5, 0.6) is 0 Å². The summed E-state index contributed by atoms with van der Waals surface area (Å²) in [6.07, 6.45) is 1.19. The number of carbonyl (C=O) groups excluding carboxylic acids is 1. The van der Waals surface area contributed by atoms with E-state index >= 15 is 0 Å². The Labute approximate surface area is 92.4 Å². The van der Waals surface area contributed by atoms with Crippen LogP contribution in [0, 0.1) is 5.41 Å².